The van der Waals surface area contributed by atoms with E-state index in [2.05, 4.69) is 31.0 Å². The lowest BCUT2D eigenvalue weighted by Gasteiger charge is -2.27. The minimum absolute atomic E-state index is 0.0620. The number of hydrogen-bond donors (Lipinski definition) is 3. The maximum atomic E-state index is 12.6. The number of aromatic nitrogens is 6. The Morgan fingerprint density at radius 1 is 1.10 bits per heavy atom. The van der Waals surface area contributed by atoms with E-state index in [1.54, 1.807) is 24.3 Å². The number of fused-ring (bicyclic) bond motifs is 2. The summed E-state index contributed by atoms with van der Waals surface area (Å²) in [7, 11) is 0. The van der Waals surface area contributed by atoms with Crippen molar-refractivity contribution < 1.29 is 10.0 Å². The number of H-pyrrole nitrogens is 1. The molecular weight excluding hydrogens is 392 g/mol. The first kappa shape index (κ1) is 17.5. The van der Waals surface area contributed by atoms with Crippen LogP contribution in [0.2, 0.25) is 0 Å². The van der Waals surface area contributed by atoms with Crippen molar-refractivity contribution in [1.82, 2.24) is 30.4 Å². The molecule has 0 unspecified atom stereocenters. The van der Waals surface area contributed by atoms with E-state index in [4.69, 9.17) is 0 Å². The third-order valence-electron chi connectivity index (χ3n) is 4.83. The summed E-state index contributed by atoms with van der Waals surface area (Å²) in [6.45, 7) is 0. The predicted molar refractivity (Wildman–Crippen MR) is 103 cm³/mol. The summed E-state index contributed by atoms with van der Waals surface area (Å²) in [4.78, 5) is 23.1. The van der Waals surface area contributed by atoms with Gasteiger partial charge in [0.15, 0.2) is 0 Å². The number of aromatic hydroxyl groups is 1. The van der Waals surface area contributed by atoms with Crippen LogP contribution in [0.3, 0.4) is 0 Å². The van der Waals surface area contributed by atoms with Crippen LogP contribution in [0.4, 0.5) is 17.3 Å². The van der Waals surface area contributed by atoms with Crippen LogP contribution in [0.15, 0.2) is 53.3 Å². The number of benzene rings is 2. The molecule has 12 nitrogen and oxygen atoms in total. The van der Waals surface area contributed by atoms with Gasteiger partial charge in [0.05, 0.1) is 10.6 Å². The summed E-state index contributed by atoms with van der Waals surface area (Å²) >= 11 is 0. The zero-order chi connectivity index (χ0) is 20.8. The Morgan fingerprint density at radius 2 is 1.83 bits per heavy atom. The molecular formula is C18H12N8O4. The van der Waals surface area contributed by atoms with Gasteiger partial charge in [-0.15, -0.1) is 0 Å². The van der Waals surface area contributed by atoms with Crippen molar-refractivity contribution in [2.24, 2.45) is 0 Å². The normalized spacial score (nSPS) is 14.5. The van der Waals surface area contributed by atoms with Crippen LogP contribution in [-0.2, 0) is 0 Å². The summed E-state index contributed by atoms with van der Waals surface area (Å²) < 4.78 is 1.50. The minimum Gasteiger partial charge on any atom is -0.508 e. The first-order valence-corrected chi connectivity index (χ1v) is 8.74. The molecule has 1 aliphatic rings. The predicted octanol–water partition coefficient (Wildman–Crippen LogP) is 1.73. The Bertz CT molecular complexity index is 1330. The van der Waals surface area contributed by atoms with Crippen molar-refractivity contribution in [2.45, 2.75) is 6.04 Å². The lowest BCUT2D eigenvalue weighted by molar-refractivity contribution is -0.384. The molecule has 0 spiro atoms. The van der Waals surface area contributed by atoms with Gasteiger partial charge in [0.25, 0.3) is 11.2 Å². The highest BCUT2D eigenvalue weighted by molar-refractivity contribution is 5.75. The number of tetrazole rings is 1. The first-order chi connectivity index (χ1) is 14.5. The van der Waals surface area contributed by atoms with Gasteiger partial charge in [-0.2, -0.15) is 9.78 Å². The lowest BCUT2D eigenvalue weighted by Crippen LogP contribution is -2.29. The van der Waals surface area contributed by atoms with E-state index in [0.29, 0.717) is 22.4 Å². The smallest absolute Gasteiger partial charge is 0.288 e. The molecule has 5 rings (SSSR count). The van der Waals surface area contributed by atoms with Gasteiger partial charge in [-0.05, 0) is 40.3 Å². The molecule has 0 fully saturated rings. The Balaban J connectivity index is 1.76. The summed E-state index contributed by atoms with van der Waals surface area (Å²) in [5.41, 5.74) is 1.87. The molecule has 2 aromatic heterocycles. The topological polar surface area (TPSA) is 165 Å². The highest BCUT2D eigenvalue weighted by Crippen LogP contribution is 2.41. The number of rotatable bonds is 3. The molecule has 0 saturated carbocycles. The maximum absolute atomic E-state index is 12.6. The molecule has 0 radical (unpaired) electrons. The van der Waals surface area contributed by atoms with Gasteiger partial charge < -0.3 is 10.4 Å². The monoisotopic (exact) mass is 404 g/mol. The van der Waals surface area contributed by atoms with E-state index in [-0.39, 0.29) is 23.1 Å². The minimum atomic E-state index is -0.619. The van der Waals surface area contributed by atoms with Crippen LogP contribution in [0.1, 0.15) is 17.2 Å². The van der Waals surface area contributed by atoms with Crippen LogP contribution >= 0.6 is 0 Å². The number of non-ortho nitro benzene ring substituents is 1. The average molecular weight is 404 g/mol. The van der Waals surface area contributed by atoms with Crippen molar-refractivity contribution in [3.63, 3.8) is 0 Å². The molecule has 148 valence electrons. The number of nitrogens with zero attached hydrogens (tertiary/aromatic N) is 6. The second kappa shape index (κ2) is 6.48. The van der Waals surface area contributed by atoms with E-state index in [0.717, 1.165) is 0 Å². The average Bonchev–Trinajstić information content (AvgIpc) is 3.22. The zero-order valence-electron chi connectivity index (χ0n) is 15.1. The van der Waals surface area contributed by atoms with Crippen LogP contribution in [-0.4, -0.2) is 40.4 Å². The Labute approximate surface area is 167 Å². The van der Waals surface area contributed by atoms with Gasteiger partial charge in [0, 0.05) is 23.3 Å². The van der Waals surface area contributed by atoms with Gasteiger partial charge in [0.2, 0.25) is 5.95 Å². The van der Waals surface area contributed by atoms with E-state index in [9.17, 15) is 20.0 Å². The van der Waals surface area contributed by atoms with Gasteiger partial charge in [-0.3, -0.25) is 14.9 Å². The Kier molecular flexibility index (Phi) is 3.78. The number of nitro benzene ring substituents is 1. The highest BCUT2D eigenvalue weighted by atomic mass is 16.6. The summed E-state index contributed by atoms with van der Waals surface area (Å²) in [5, 5.41) is 41.9. The Hall–Kier alpha value is -4.61. The Morgan fingerprint density at radius 3 is 2.53 bits per heavy atom. The molecule has 1 atom stereocenters. The van der Waals surface area contributed by atoms with E-state index < -0.39 is 16.5 Å². The number of nitrogens with one attached hydrogen (secondary N) is 2. The second-order valence-corrected chi connectivity index (χ2v) is 6.56. The largest absolute Gasteiger partial charge is 0.508 e. The van der Waals surface area contributed by atoms with Crippen LogP contribution in [0.25, 0.3) is 11.3 Å². The maximum Gasteiger partial charge on any atom is 0.288 e. The number of aromatic amines is 1. The molecule has 3 N–H and O–H groups in total. The van der Waals surface area contributed by atoms with Crippen molar-refractivity contribution in [3.8, 4) is 17.0 Å². The molecule has 4 aromatic rings. The molecule has 0 bridgehead atoms. The van der Waals surface area contributed by atoms with Gasteiger partial charge >= 0.3 is 0 Å². The fraction of sp³-hybridized carbons (Fsp3) is 0.0556. The standard InChI is InChI=1S/C18H12N8O4/c27-12-7-3-10(4-8-12)16-13-14(9-1-5-11(6-2-9)26(29)30)20-21-17(28)15(13)19-18-22-23-24-25(16)18/h1-8,16,27H,(H,21,28)(H,19,22,24)/t16-/m1/s1. The summed E-state index contributed by atoms with van der Waals surface area (Å²) in [6, 6.07) is 11.7. The van der Waals surface area contributed by atoms with E-state index in [1.165, 1.54) is 28.9 Å². The van der Waals surface area contributed by atoms with Crippen LogP contribution in [0, 0.1) is 10.1 Å². The quantitative estimate of drug-likeness (QED) is 0.300. The van der Waals surface area contributed by atoms with Gasteiger partial charge in [0.1, 0.15) is 17.5 Å². The SMILES string of the molecule is O=c1[nH]nc(-c2ccc([N+](=O)[O-])cc2)c2c1Nc1nnnn1[C@@H]2c1ccc(O)cc1. The van der Waals surface area contributed by atoms with E-state index >= 15 is 0 Å². The van der Waals surface area contributed by atoms with Crippen molar-refractivity contribution >= 4 is 17.3 Å². The summed E-state index contributed by atoms with van der Waals surface area (Å²) in [6.07, 6.45) is 0. The lowest BCUT2D eigenvalue weighted by atomic mass is 9.92. The molecule has 3 heterocycles. The second-order valence-electron chi connectivity index (χ2n) is 6.56. The molecule has 2 aromatic carbocycles. The molecule has 0 aliphatic carbocycles. The number of phenols is 1. The molecule has 30 heavy (non-hydrogen) atoms. The van der Waals surface area contributed by atoms with Crippen molar-refractivity contribution in [1.29, 1.82) is 0 Å². The number of phenolic OH excluding ortho intramolecular Hbond substituents is 1. The molecule has 0 amide bonds. The highest BCUT2D eigenvalue weighted by Gasteiger charge is 2.34. The van der Waals surface area contributed by atoms with E-state index in [1.807, 2.05) is 0 Å². The van der Waals surface area contributed by atoms with Crippen molar-refractivity contribution in [2.75, 3.05) is 5.32 Å². The zero-order valence-corrected chi connectivity index (χ0v) is 15.1. The first-order valence-electron chi connectivity index (χ1n) is 8.74. The number of nitro groups is 1. The fourth-order valence-corrected chi connectivity index (χ4v) is 3.46. The third-order valence-corrected chi connectivity index (χ3v) is 4.83. The molecule has 0 saturated heterocycles. The van der Waals surface area contributed by atoms with Gasteiger partial charge in [-0.25, -0.2) is 5.10 Å². The fourth-order valence-electron chi connectivity index (χ4n) is 3.46. The summed E-state index contributed by atoms with van der Waals surface area (Å²) in [5.74, 6) is 0.358. The number of hydrogen-bond acceptors (Lipinski definition) is 9. The van der Waals surface area contributed by atoms with Gasteiger partial charge in [-0.1, -0.05) is 17.2 Å². The van der Waals surface area contributed by atoms with Crippen LogP contribution < -0.4 is 10.9 Å². The van der Waals surface area contributed by atoms with Crippen LogP contribution in [0.5, 0.6) is 5.75 Å². The molecule has 12 heteroatoms. The van der Waals surface area contributed by atoms with Crippen molar-refractivity contribution in [3.05, 3.63) is 80.1 Å². The number of anilines is 2. The molecule has 1 aliphatic heterocycles. The third kappa shape index (κ3) is 2.66.